The molecule has 1 aromatic rings. The average molecular weight is 253 g/mol. The highest BCUT2D eigenvalue weighted by molar-refractivity contribution is 7.08. The molecule has 1 heterocycles. The van der Waals surface area contributed by atoms with Crippen molar-refractivity contribution in [3.05, 3.63) is 21.9 Å². The topological polar surface area (TPSA) is 12.0 Å². The third-order valence-corrected chi connectivity index (χ3v) is 4.14. The Morgan fingerprint density at radius 2 is 1.94 bits per heavy atom. The van der Waals surface area contributed by atoms with E-state index < -0.39 is 0 Å². The van der Waals surface area contributed by atoms with Crippen LogP contribution in [0.4, 0.5) is 0 Å². The quantitative estimate of drug-likeness (QED) is 0.606. The number of hydrogen-bond donors (Lipinski definition) is 1. The van der Waals surface area contributed by atoms with E-state index in [0.29, 0.717) is 6.04 Å². The van der Waals surface area contributed by atoms with Crippen molar-refractivity contribution in [2.45, 2.75) is 65.3 Å². The fourth-order valence-electron chi connectivity index (χ4n) is 2.19. The van der Waals surface area contributed by atoms with Crippen molar-refractivity contribution in [1.29, 1.82) is 0 Å². The van der Waals surface area contributed by atoms with E-state index in [9.17, 15) is 0 Å². The molecule has 0 saturated carbocycles. The van der Waals surface area contributed by atoms with E-state index in [2.05, 4.69) is 36.8 Å². The van der Waals surface area contributed by atoms with Gasteiger partial charge in [0.2, 0.25) is 0 Å². The summed E-state index contributed by atoms with van der Waals surface area (Å²) in [6.07, 6.45) is 7.94. The zero-order valence-corrected chi connectivity index (χ0v) is 12.4. The Morgan fingerprint density at radius 1 is 1.12 bits per heavy atom. The van der Waals surface area contributed by atoms with Crippen LogP contribution in [0.5, 0.6) is 0 Å². The van der Waals surface area contributed by atoms with Crippen molar-refractivity contribution in [1.82, 2.24) is 5.32 Å². The second kappa shape index (κ2) is 8.71. The lowest BCUT2D eigenvalue weighted by molar-refractivity contribution is 0.470. The Hall–Kier alpha value is -0.340. The summed E-state index contributed by atoms with van der Waals surface area (Å²) in [5.74, 6) is 0. The molecular formula is C15H27NS. The molecule has 1 nitrogen and oxygen atoms in total. The van der Waals surface area contributed by atoms with Crippen LogP contribution in [0.3, 0.4) is 0 Å². The van der Waals surface area contributed by atoms with E-state index in [-0.39, 0.29) is 0 Å². The van der Waals surface area contributed by atoms with Crippen LogP contribution in [-0.2, 0) is 0 Å². The van der Waals surface area contributed by atoms with Crippen molar-refractivity contribution in [3.63, 3.8) is 0 Å². The number of thiophene rings is 1. The van der Waals surface area contributed by atoms with Gasteiger partial charge in [0, 0.05) is 6.04 Å². The summed E-state index contributed by atoms with van der Waals surface area (Å²) in [7, 11) is 0. The van der Waals surface area contributed by atoms with Crippen molar-refractivity contribution < 1.29 is 0 Å². The smallest absolute Gasteiger partial charge is 0.0331 e. The molecule has 2 heteroatoms. The van der Waals surface area contributed by atoms with Crippen LogP contribution in [0.25, 0.3) is 0 Å². The van der Waals surface area contributed by atoms with Crippen molar-refractivity contribution in [3.8, 4) is 0 Å². The van der Waals surface area contributed by atoms with Gasteiger partial charge in [-0.25, -0.2) is 0 Å². The fraction of sp³-hybridized carbons (Fsp3) is 0.733. The first-order chi connectivity index (χ1) is 8.29. The molecule has 1 atom stereocenters. The van der Waals surface area contributed by atoms with Gasteiger partial charge >= 0.3 is 0 Å². The van der Waals surface area contributed by atoms with Crippen molar-refractivity contribution >= 4 is 11.3 Å². The molecule has 17 heavy (non-hydrogen) atoms. The Kier molecular flexibility index (Phi) is 7.54. The number of aryl methyl sites for hydroxylation is 1. The molecule has 1 aromatic heterocycles. The minimum atomic E-state index is 0.582. The van der Waals surface area contributed by atoms with Gasteiger partial charge in [0.05, 0.1) is 0 Å². The Balaban J connectivity index is 2.46. The van der Waals surface area contributed by atoms with Gasteiger partial charge in [-0.05, 0) is 48.2 Å². The molecule has 0 amide bonds. The van der Waals surface area contributed by atoms with Crippen LogP contribution < -0.4 is 5.32 Å². The Bertz CT molecular complexity index is 293. The van der Waals surface area contributed by atoms with Crippen LogP contribution >= 0.6 is 11.3 Å². The zero-order valence-electron chi connectivity index (χ0n) is 11.6. The van der Waals surface area contributed by atoms with Crippen LogP contribution in [0.1, 0.15) is 69.5 Å². The first-order valence-corrected chi connectivity index (χ1v) is 7.99. The first-order valence-electron chi connectivity index (χ1n) is 7.05. The summed E-state index contributed by atoms with van der Waals surface area (Å²) in [6.45, 7) is 7.88. The van der Waals surface area contributed by atoms with E-state index >= 15 is 0 Å². The van der Waals surface area contributed by atoms with Gasteiger partial charge in [-0.3, -0.25) is 0 Å². The Morgan fingerprint density at radius 3 is 2.53 bits per heavy atom. The molecule has 98 valence electrons. The molecule has 1 rings (SSSR count). The molecule has 0 bridgehead atoms. The highest BCUT2D eigenvalue weighted by Crippen LogP contribution is 2.26. The molecule has 0 fully saturated rings. The molecule has 0 aliphatic carbocycles. The third-order valence-electron chi connectivity index (χ3n) is 3.26. The van der Waals surface area contributed by atoms with Gasteiger partial charge in [-0.1, -0.05) is 39.5 Å². The maximum Gasteiger partial charge on any atom is 0.0331 e. The standard InChI is InChI=1S/C15H27NS/c1-4-6-7-8-9-15(16-10-5-2)14-12-17-11-13(14)3/h11-12,15-16H,4-10H2,1-3H3. The molecule has 0 radical (unpaired) electrons. The van der Waals surface area contributed by atoms with E-state index in [1.165, 1.54) is 49.7 Å². The van der Waals surface area contributed by atoms with Crippen LogP contribution in [0.2, 0.25) is 0 Å². The molecule has 0 aromatic carbocycles. The summed E-state index contributed by atoms with van der Waals surface area (Å²) in [4.78, 5) is 0. The maximum absolute atomic E-state index is 3.70. The largest absolute Gasteiger partial charge is 0.310 e. The van der Waals surface area contributed by atoms with Crippen molar-refractivity contribution in [2.75, 3.05) is 6.54 Å². The van der Waals surface area contributed by atoms with Gasteiger partial charge in [0.15, 0.2) is 0 Å². The van der Waals surface area contributed by atoms with Crippen LogP contribution in [0.15, 0.2) is 10.8 Å². The minimum absolute atomic E-state index is 0.582. The summed E-state index contributed by atoms with van der Waals surface area (Å²) in [5, 5.41) is 8.28. The molecule has 0 spiro atoms. The highest BCUT2D eigenvalue weighted by Gasteiger charge is 2.13. The number of hydrogen-bond acceptors (Lipinski definition) is 2. The molecule has 1 N–H and O–H groups in total. The zero-order chi connectivity index (χ0) is 12.5. The van der Waals surface area contributed by atoms with E-state index in [0.717, 1.165) is 6.54 Å². The predicted octanol–water partition coefficient (Wildman–Crippen LogP) is 5.07. The first kappa shape index (κ1) is 14.7. The van der Waals surface area contributed by atoms with E-state index in [1.807, 2.05) is 11.3 Å². The fourth-order valence-corrected chi connectivity index (χ4v) is 3.09. The van der Waals surface area contributed by atoms with Gasteiger partial charge in [0.25, 0.3) is 0 Å². The van der Waals surface area contributed by atoms with Gasteiger partial charge in [-0.15, -0.1) is 0 Å². The van der Waals surface area contributed by atoms with Gasteiger partial charge in [0.1, 0.15) is 0 Å². The molecule has 0 aliphatic heterocycles. The third kappa shape index (κ3) is 5.22. The molecule has 0 aliphatic rings. The van der Waals surface area contributed by atoms with E-state index in [1.54, 1.807) is 0 Å². The Labute approximate surface area is 111 Å². The van der Waals surface area contributed by atoms with E-state index in [4.69, 9.17) is 0 Å². The monoisotopic (exact) mass is 253 g/mol. The summed E-state index contributed by atoms with van der Waals surface area (Å²) in [5.41, 5.74) is 2.99. The lowest BCUT2D eigenvalue weighted by Crippen LogP contribution is -2.22. The second-order valence-electron chi connectivity index (χ2n) is 4.87. The maximum atomic E-state index is 3.70. The average Bonchev–Trinajstić information content (AvgIpc) is 2.75. The summed E-state index contributed by atoms with van der Waals surface area (Å²) < 4.78 is 0. The lowest BCUT2D eigenvalue weighted by Gasteiger charge is -2.18. The summed E-state index contributed by atoms with van der Waals surface area (Å²) >= 11 is 1.83. The van der Waals surface area contributed by atoms with Gasteiger partial charge in [-0.2, -0.15) is 11.3 Å². The van der Waals surface area contributed by atoms with Crippen molar-refractivity contribution in [2.24, 2.45) is 0 Å². The minimum Gasteiger partial charge on any atom is -0.310 e. The second-order valence-corrected chi connectivity index (χ2v) is 5.61. The SMILES string of the molecule is CCCCCCC(NCCC)c1cscc1C. The molecule has 1 unspecified atom stereocenters. The normalized spacial score (nSPS) is 12.9. The van der Waals surface area contributed by atoms with Crippen LogP contribution in [0, 0.1) is 6.92 Å². The predicted molar refractivity (Wildman–Crippen MR) is 78.8 cm³/mol. The number of rotatable bonds is 9. The van der Waals surface area contributed by atoms with Gasteiger partial charge < -0.3 is 5.32 Å². The summed E-state index contributed by atoms with van der Waals surface area (Å²) in [6, 6.07) is 0.582. The molecule has 0 saturated heterocycles. The molecular weight excluding hydrogens is 226 g/mol. The van der Waals surface area contributed by atoms with Crippen LogP contribution in [-0.4, -0.2) is 6.54 Å². The number of nitrogens with one attached hydrogen (secondary N) is 1. The number of unbranched alkanes of at least 4 members (excludes halogenated alkanes) is 3. The highest BCUT2D eigenvalue weighted by atomic mass is 32.1. The lowest BCUT2D eigenvalue weighted by atomic mass is 9.99.